The molecule has 136 valence electrons. The Morgan fingerprint density at radius 2 is 1.32 bits per heavy atom. The maximum atomic E-state index is 12.4. The zero-order valence-electron chi connectivity index (χ0n) is 13.8. The first-order valence-electron chi connectivity index (χ1n) is 7.59. The summed E-state index contributed by atoms with van der Waals surface area (Å²) in [5.74, 6) is 0. The van der Waals surface area contributed by atoms with Crippen LogP contribution in [0, 0.1) is 0 Å². The van der Waals surface area contributed by atoms with Gasteiger partial charge in [0.15, 0.2) is 0 Å². The van der Waals surface area contributed by atoms with Gasteiger partial charge in [0.05, 0.1) is 9.79 Å². The van der Waals surface area contributed by atoms with E-state index in [1.165, 1.54) is 40.7 Å². The normalized spacial score (nSPS) is 12.3. The number of hydrogen-bond acceptors (Lipinski definition) is 4. The lowest BCUT2D eigenvalue weighted by molar-refractivity contribution is 0.445. The van der Waals surface area contributed by atoms with Gasteiger partial charge in [-0.15, -0.1) is 0 Å². The maximum Gasteiger partial charge on any atom is 0.261 e. The molecule has 0 saturated carbocycles. The lowest BCUT2D eigenvalue weighted by atomic mass is 10.3. The molecule has 0 fully saturated rings. The predicted octanol–water partition coefficient (Wildman–Crippen LogP) is 3.28. The van der Waals surface area contributed by atoms with Crippen molar-refractivity contribution >= 4 is 41.7 Å². The van der Waals surface area contributed by atoms with Crippen LogP contribution in [0.4, 0.5) is 5.69 Å². The van der Waals surface area contributed by atoms with Crippen molar-refractivity contribution in [1.29, 1.82) is 0 Å². The number of nitrogens with one attached hydrogen (secondary N) is 1. The first-order valence-corrected chi connectivity index (χ1v) is 11.3. The highest BCUT2D eigenvalue weighted by molar-refractivity contribution is 9.10. The van der Waals surface area contributed by atoms with Gasteiger partial charge in [0.1, 0.15) is 0 Å². The predicted molar refractivity (Wildman–Crippen MR) is 101 cm³/mol. The van der Waals surface area contributed by atoms with E-state index in [0.29, 0.717) is 18.8 Å². The molecule has 0 spiro atoms. The molecule has 0 aliphatic rings. The van der Waals surface area contributed by atoms with Crippen molar-refractivity contribution < 1.29 is 16.8 Å². The van der Waals surface area contributed by atoms with Crippen molar-refractivity contribution in [3.05, 3.63) is 53.0 Å². The van der Waals surface area contributed by atoms with E-state index in [9.17, 15) is 16.8 Å². The van der Waals surface area contributed by atoms with Crippen LogP contribution in [-0.2, 0) is 20.0 Å². The minimum Gasteiger partial charge on any atom is -0.280 e. The summed E-state index contributed by atoms with van der Waals surface area (Å²) in [6.07, 6.45) is 0. The topological polar surface area (TPSA) is 83.6 Å². The van der Waals surface area contributed by atoms with E-state index in [2.05, 4.69) is 20.7 Å². The fourth-order valence-electron chi connectivity index (χ4n) is 2.24. The molecule has 0 atom stereocenters. The van der Waals surface area contributed by atoms with E-state index >= 15 is 0 Å². The summed E-state index contributed by atoms with van der Waals surface area (Å²) in [6, 6.07) is 11.9. The summed E-state index contributed by atoms with van der Waals surface area (Å²) in [4.78, 5) is 0.248. The SMILES string of the molecule is CCN(CC)S(=O)(=O)c1ccc(NS(=O)(=O)c2ccc(Br)cc2)cc1. The molecule has 0 aliphatic heterocycles. The summed E-state index contributed by atoms with van der Waals surface area (Å²) in [7, 11) is -7.30. The van der Waals surface area contributed by atoms with Gasteiger partial charge in [0.25, 0.3) is 10.0 Å². The van der Waals surface area contributed by atoms with Crippen LogP contribution in [0.5, 0.6) is 0 Å². The molecule has 0 aliphatic carbocycles. The molecule has 0 unspecified atom stereocenters. The summed E-state index contributed by atoms with van der Waals surface area (Å²) >= 11 is 3.25. The second kappa shape index (κ2) is 7.86. The van der Waals surface area contributed by atoms with Crippen molar-refractivity contribution in [2.24, 2.45) is 0 Å². The average molecular weight is 447 g/mol. The minimum absolute atomic E-state index is 0.121. The number of rotatable bonds is 7. The van der Waals surface area contributed by atoms with Gasteiger partial charge >= 0.3 is 0 Å². The highest BCUT2D eigenvalue weighted by atomic mass is 79.9. The Morgan fingerprint density at radius 3 is 1.80 bits per heavy atom. The molecular formula is C16H19BrN2O4S2. The number of halogens is 1. The van der Waals surface area contributed by atoms with Gasteiger partial charge in [0, 0.05) is 23.2 Å². The zero-order valence-corrected chi connectivity index (χ0v) is 17.0. The Hall–Kier alpha value is -1.42. The third-order valence-corrected chi connectivity index (χ3v) is 7.56. The molecule has 2 aromatic rings. The van der Waals surface area contributed by atoms with Crippen molar-refractivity contribution in [3.63, 3.8) is 0 Å². The molecule has 9 heteroatoms. The molecule has 0 amide bonds. The summed E-state index contributed by atoms with van der Waals surface area (Å²) < 4.78 is 54.1. The average Bonchev–Trinajstić information content (AvgIpc) is 2.56. The van der Waals surface area contributed by atoms with Gasteiger partial charge < -0.3 is 0 Å². The van der Waals surface area contributed by atoms with E-state index in [1.54, 1.807) is 26.0 Å². The molecule has 2 aromatic carbocycles. The Labute approximate surface area is 157 Å². The number of benzene rings is 2. The van der Waals surface area contributed by atoms with Gasteiger partial charge in [-0.05, 0) is 48.5 Å². The van der Waals surface area contributed by atoms with Crippen LogP contribution >= 0.6 is 15.9 Å². The fourth-order valence-corrected chi connectivity index (χ4v) is 5.02. The van der Waals surface area contributed by atoms with Crippen molar-refractivity contribution in [2.45, 2.75) is 23.6 Å². The first kappa shape index (κ1) is 19.9. The Balaban J connectivity index is 2.24. The molecule has 0 heterocycles. The van der Waals surface area contributed by atoms with Crippen molar-refractivity contribution in [3.8, 4) is 0 Å². The van der Waals surface area contributed by atoms with Crippen LogP contribution in [0.1, 0.15) is 13.8 Å². The van der Waals surface area contributed by atoms with Gasteiger partial charge in [0.2, 0.25) is 10.0 Å². The molecule has 25 heavy (non-hydrogen) atoms. The van der Waals surface area contributed by atoms with Crippen LogP contribution < -0.4 is 4.72 Å². The monoisotopic (exact) mass is 446 g/mol. The van der Waals surface area contributed by atoms with Crippen LogP contribution in [0.25, 0.3) is 0 Å². The van der Waals surface area contributed by atoms with Crippen LogP contribution in [0.3, 0.4) is 0 Å². The molecule has 1 N–H and O–H groups in total. The molecule has 0 bridgehead atoms. The summed E-state index contributed by atoms with van der Waals surface area (Å²) in [6.45, 7) is 4.27. The molecule has 2 rings (SSSR count). The lowest BCUT2D eigenvalue weighted by Crippen LogP contribution is -2.30. The molecular weight excluding hydrogens is 428 g/mol. The first-order chi connectivity index (χ1) is 11.7. The van der Waals surface area contributed by atoms with E-state index in [-0.39, 0.29) is 9.79 Å². The Morgan fingerprint density at radius 1 is 0.840 bits per heavy atom. The zero-order chi connectivity index (χ0) is 18.7. The largest absolute Gasteiger partial charge is 0.280 e. The van der Waals surface area contributed by atoms with Gasteiger partial charge in [-0.2, -0.15) is 4.31 Å². The van der Waals surface area contributed by atoms with Crippen molar-refractivity contribution in [2.75, 3.05) is 17.8 Å². The molecule has 0 aromatic heterocycles. The molecule has 0 saturated heterocycles. The third-order valence-electron chi connectivity index (χ3n) is 3.57. The second-order valence-electron chi connectivity index (χ2n) is 5.17. The van der Waals surface area contributed by atoms with Crippen LogP contribution in [0.15, 0.2) is 62.8 Å². The van der Waals surface area contributed by atoms with Crippen molar-refractivity contribution in [1.82, 2.24) is 4.31 Å². The van der Waals surface area contributed by atoms with Crippen LogP contribution in [-0.4, -0.2) is 34.2 Å². The third kappa shape index (κ3) is 4.60. The molecule has 0 radical (unpaired) electrons. The van der Waals surface area contributed by atoms with E-state index in [0.717, 1.165) is 4.47 Å². The second-order valence-corrected chi connectivity index (χ2v) is 9.71. The smallest absolute Gasteiger partial charge is 0.261 e. The van der Waals surface area contributed by atoms with E-state index < -0.39 is 20.0 Å². The minimum atomic E-state index is -3.73. The number of anilines is 1. The van der Waals surface area contributed by atoms with E-state index in [1.807, 2.05) is 0 Å². The van der Waals surface area contributed by atoms with Gasteiger partial charge in [-0.3, -0.25) is 4.72 Å². The standard InChI is InChI=1S/C16H19BrN2O4S2/c1-3-19(4-2)25(22,23)16-11-7-14(8-12-16)18-24(20,21)15-9-5-13(17)6-10-15/h5-12,18H,3-4H2,1-2H3. The number of hydrogen-bond donors (Lipinski definition) is 1. The van der Waals surface area contributed by atoms with E-state index in [4.69, 9.17) is 0 Å². The summed E-state index contributed by atoms with van der Waals surface area (Å²) in [5, 5.41) is 0. The van der Waals surface area contributed by atoms with Gasteiger partial charge in [-0.25, -0.2) is 16.8 Å². The fraction of sp³-hybridized carbons (Fsp3) is 0.250. The Kier molecular flexibility index (Phi) is 6.26. The Bertz CT molecular complexity index is 921. The highest BCUT2D eigenvalue weighted by Gasteiger charge is 2.21. The van der Waals surface area contributed by atoms with Gasteiger partial charge in [-0.1, -0.05) is 29.8 Å². The lowest BCUT2D eigenvalue weighted by Gasteiger charge is -2.18. The number of nitrogens with zero attached hydrogens (tertiary/aromatic N) is 1. The molecule has 6 nitrogen and oxygen atoms in total. The quantitative estimate of drug-likeness (QED) is 0.706. The highest BCUT2D eigenvalue weighted by Crippen LogP contribution is 2.21. The maximum absolute atomic E-state index is 12.4. The number of sulfonamides is 2. The van der Waals surface area contributed by atoms with Crippen LogP contribution in [0.2, 0.25) is 0 Å². The summed E-state index contributed by atoms with van der Waals surface area (Å²) in [5.41, 5.74) is 0.293.